The maximum Gasteiger partial charge on any atom is 0.241 e. The lowest BCUT2D eigenvalue weighted by Gasteiger charge is -2.29. The quantitative estimate of drug-likeness (QED) is 0.725. The highest BCUT2D eigenvalue weighted by Crippen LogP contribution is 2.22. The Balaban J connectivity index is 3.22. The zero-order valence-electron chi connectivity index (χ0n) is 11.4. The van der Waals surface area contributed by atoms with Gasteiger partial charge in [0.15, 0.2) is 0 Å². The Morgan fingerprint density at radius 3 is 2.37 bits per heavy atom. The minimum absolute atomic E-state index is 0.127. The Hall–Kier alpha value is -1.18. The first-order valence-electron chi connectivity index (χ1n) is 5.75. The van der Waals surface area contributed by atoms with Crippen LogP contribution in [-0.4, -0.2) is 25.2 Å². The van der Waals surface area contributed by atoms with Crippen molar-refractivity contribution in [2.24, 2.45) is 0 Å². The lowest BCUT2D eigenvalue weighted by atomic mass is 10.0. The van der Waals surface area contributed by atoms with Crippen LogP contribution in [-0.2, 0) is 10.0 Å². The number of nitrogen functional groups attached to an aromatic ring is 1. The van der Waals surface area contributed by atoms with Crippen LogP contribution in [0.1, 0.15) is 26.3 Å². The van der Waals surface area contributed by atoms with Gasteiger partial charge in [0.1, 0.15) is 5.82 Å². The second kappa shape index (κ2) is 5.07. The topological polar surface area (TPSA) is 92.4 Å². The average Bonchev–Trinajstić information content (AvgIpc) is 2.23. The molecule has 0 aromatic heterocycles. The smallest absolute Gasteiger partial charge is 0.241 e. The maximum absolute atomic E-state index is 13.4. The van der Waals surface area contributed by atoms with Gasteiger partial charge in [0.2, 0.25) is 10.0 Å². The first-order chi connectivity index (χ1) is 8.47. The van der Waals surface area contributed by atoms with E-state index >= 15 is 0 Å². The zero-order valence-corrected chi connectivity index (χ0v) is 12.2. The number of nitrogens with two attached hydrogens (primary N) is 1. The molecular weight excluding hydrogens is 271 g/mol. The van der Waals surface area contributed by atoms with Gasteiger partial charge in [-0.2, -0.15) is 0 Å². The highest BCUT2D eigenvalue weighted by atomic mass is 32.2. The Morgan fingerprint density at radius 1 is 1.42 bits per heavy atom. The standard InChI is InChI=1S/C12H19FN2O3S/c1-7-5-9(6-10(14)11(7)13)19(17,18)15-12(3,4)8(2)16/h5-6,8,15-16H,14H2,1-4H3. The molecule has 0 aliphatic carbocycles. The van der Waals surface area contributed by atoms with Gasteiger partial charge in [-0.15, -0.1) is 0 Å². The summed E-state index contributed by atoms with van der Waals surface area (Å²) in [6.45, 7) is 6.02. The van der Waals surface area contributed by atoms with Crippen LogP contribution in [0.4, 0.5) is 10.1 Å². The lowest BCUT2D eigenvalue weighted by molar-refractivity contribution is 0.111. The number of aliphatic hydroxyl groups is 1. The normalized spacial score (nSPS) is 14.4. The largest absolute Gasteiger partial charge is 0.396 e. The predicted molar refractivity (Wildman–Crippen MR) is 71.6 cm³/mol. The van der Waals surface area contributed by atoms with Crippen LogP contribution < -0.4 is 10.5 Å². The molecule has 0 bridgehead atoms. The fourth-order valence-corrected chi connectivity index (χ4v) is 3.00. The molecule has 19 heavy (non-hydrogen) atoms. The molecule has 108 valence electrons. The molecule has 1 unspecified atom stereocenters. The molecule has 0 aliphatic heterocycles. The van der Waals surface area contributed by atoms with E-state index in [9.17, 15) is 17.9 Å². The summed E-state index contributed by atoms with van der Waals surface area (Å²) in [5.41, 5.74) is 4.30. The minimum Gasteiger partial charge on any atom is -0.396 e. The van der Waals surface area contributed by atoms with E-state index in [0.717, 1.165) is 6.07 Å². The molecular formula is C12H19FN2O3S. The molecule has 7 heteroatoms. The van der Waals surface area contributed by atoms with Gasteiger partial charge < -0.3 is 10.8 Å². The van der Waals surface area contributed by atoms with Crippen LogP contribution in [0.15, 0.2) is 17.0 Å². The Kier molecular flexibility index (Phi) is 4.23. The number of sulfonamides is 1. The van der Waals surface area contributed by atoms with Crippen molar-refractivity contribution in [3.05, 3.63) is 23.5 Å². The van der Waals surface area contributed by atoms with Gasteiger partial charge in [0, 0.05) is 0 Å². The summed E-state index contributed by atoms with van der Waals surface area (Å²) < 4.78 is 40.1. The third-order valence-corrected chi connectivity index (χ3v) is 4.66. The lowest BCUT2D eigenvalue weighted by Crippen LogP contribution is -2.50. The third-order valence-electron chi connectivity index (χ3n) is 3.01. The summed E-state index contributed by atoms with van der Waals surface area (Å²) in [6, 6.07) is 2.26. The number of aryl methyl sites for hydroxylation is 1. The fraction of sp³-hybridized carbons (Fsp3) is 0.500. The molecule has 0 saturated heterocycles. The fourth-order valence-electron chi connectivity index (χ4n) is 1.41. The Morgan fingerprint density at radius 2 is 1.95 bits per heavy atom. The number of anilines is 1. The molecule has 0 radical (unpaired) electrons. The number of nitrogens with one attached hydrogen (secondary N) is 1. The van der Waals surface area contributed by atoms with E-state index in [-0.39, 0.29) is 16.1 Å². The molecule has 0 heterocycles. The maximum atomic E-state index is 13.4. The van der Waals surface area contributed by atoms with Crippen LogP contribution in [0.3, 0.4) is 0 Å². The second-order valence-electron chi connectivity index (χ2n) is 5.15. The van der Waals surface area contributed by atoms with Gasteiger partial charge in [-0.1, -0.05) is 0 Å². The molecule has 0 amide bonds. The van der Waals surface area contributed by atoms with Crippen molar-refractivity contribution < 1.29 is 17.9 Å². The van der Waals surface area contributed by atoms with Crippen LogP contribution in [0.5, 0.6) is 0 Å². The first kappa shape index (κ1) is 15.9. The third kappa shape index (κ3) is 3.43. The summed E-state index contributed by atoms with van der Waals surface area (Å²) in [4.78, 5) is -0.127. The molecule has 1 aromatic rings. The van der Waals surface area contributed by atoms with Gasteiger partial charge in [-0.05, 0) is 45.4 Å². The summed E-state index contributed by atoms with van der Waals surface area (Å²) in [5, 5.41) is 9.53. The van der Waals surface area contributed by atoms with Crippen molar-refractivity contribution in [3.8, 4) is 0 Å². The zero-order chi connectivity index (χ0) is 15.0. The van der Waals surface area contributed by atoms with Gasteiger partial charge in [0.25, 0.3) is 0 Å². The Labute approximate surface area is 112 Å². The van der Waals surface area contributed by atoms with Crippen molar-refractivity contribution in [1.29, 1.82) is 0 Å². The summed E-state index contributed by atoms with van der Waals surface area (Å²) in [5.74, 6) is -0.631. The molecule has 0 aliphatic rings. The predicted octanol–water partition coefficient (Wildman–Crippen LogP) is 1.15. The number of rotatable bonds is 4. The summed E-state index contributed by atoms with van der Waals surface area (Å²) >= 11 is 0. The summed E-state index contributed by atoms with van der Waals surface area (Å²) in [6.07, 6.45) is -0.888. The van der Waals surface area contributed by atoms with Crippen LogP contribution >= 0.6 is 0 Å². The first-order valence-corrected chi connectivity index (χ1v) is 7.23. The van der Waals surface area contributed by atoms with E-state index in [0.29, 0.717) is 0 Å². The number of hydrogen-bond donors (Lipinski definition) is 3. The van der Waals surface area contributed by atoms with Crippen LogP contribution in [0.25, 0.3) is 0 Å². The molecule has 0 saturated carbocycles. The monoisotopic (exact) mass is 290 g/mol. The van der Waals surface area contributed by atoms with E-state index in [4.69, 9.17) is 5.73 Å². The van der Waals surface area contributed by atoms with Crippen molar-refractivity contribution in [3.63, 3.8) is 0 Å². The second-order valence-corrected chi connectivity index (χ2v) is 6.83. The average molecular weight is 290 g/mol. The van der Waals surface area contributed by atoms with E-state index in [1.54, 1.807) is 13.8 Å². The number of hydrogen-bond acceptors (Lipinski definition) is 4. The van der Waals surface area contributed by atoms with Crippen LogP contribution in [0, 0.1) is 12.7 Å². The van der Waals surface area contributed by atoms with E-state index in [1.165, 1.54) is 19.9 Å². The highest BCUT2D eigenvalue weighted by molar-refractivity contribution is 7.89. The van der Waals surface area contributed by atoms with Crippen molar-refractivity contribution >= 4 is 15.7 Å². The van der Waals surface area contributed by atoms with Crippen molar-refractivity contribution in [2.45, 2.75) is 44.2 Å². The molecule has 5 nitrogen and oxygen atoms in total. The van der Waals surface area contributed by atoms with Crippen LogP contribution in [0.2, 0.25) is 0 Å². The molecule has 0 spiro atoms. The van der Waals surface area contributed by atoms with Crippen molar-refractivity contribution in [1.82, 2.24) is 4.72 Å². The van der Waals surface area contributed by atoms with E-state index in [1.807, 2.05) is 0 Å². The Bertz CT molecular complexity index is 560. The molecule has 4 N–H and O–H groups in total. The number of benzene rings is 1. The highest BCUT2D eigenvalue weighted by Gasteiger charge is 2.31. The SMILES string of the molecule is Cc1cc(S(=O)(=O)NC(C)(C)C(C)O)cc(N)c1F. The summed E-state index contributed by atoms with van der Waals surface area (Å²) in [7, 11) is -3.88. The van der Waals surface area contributed by atoms with E-state index in [2.05, 4.69) is 4.72 Å². The van der Waals surface area contributed by atoms with E-state index < -0.39 is 27.5 Å². The molecule has 1 atom stereocenters. The van der Waals surface area contributed by atoms with Gasteiger partial charge >= 0.3 is 0 Å². The number of halogens is 1. The molecule has 1 rings (SSSR count). The van der Waals surface area contributed by atoms with Gasteiger partial charge in [-0.3, -0.25) is 0 Å². The molecule has 1 aromatic carbocycles. The van der Waals surface area contributed by atoms with Gasteiger partial charge in [0.05, 0.1) is 22.2 Å². The van der Waals surface area contributed by atoms with Crippen molar-refractivity contribution in [2.75, 3.05) is 5.73 Å². The minimum atomic E-state index is -3.88. The number of aliphatic hydroxyl groups excluding tert-OH is 1. The molecule has 0 fully saturated rings. The van der Waals surface area contributed by atoms with Gasteiger partial charge in [-0.25, -0.2) is 17.5 Å².